The van der Waals surface area contributed by atoms with Crippen LogP contribution in [-0.2, 0) is 9.73 Å². The molecule has 1 unspecified atom stereocenters. The summed E-state index contributed by atoms with van der Waals surface area (Å²) >= 11 is 0. The van der Waals surface area contributed by atoms with E-state index in [9.17, 15) is 23.6 Å². The highest BCUT2D eigenvalue weighted by Gasteiger charge is 2.65. The highest BCUT2D eigenvalue weighted by Crippen LogP contribution is 3.02. The summed E-state index contributed by atoms with van der Waals surface area (Å²) in [4.78, 5) is 2.99. The second-order valence-electron chi connectivity index (χ2n) is 10.7. The van der Waals surface area contributed by atoms with Crippen molar-refractivity contribution in [1.82, 2.24) is 9.38 Å². The van der Waals surface area contributed by atoms with Crippen LogP contribution in [0.15, 0.2) is 82.8 Å². The molecule has 1 atom stereocenters. The molecule has 0 amide bonds. The molecule has 1 aliphatic rings. The number of pyridine rings is 1. The van der Waals surface area contributed by atoms with E-state index in [2.05, 4.69) is 28.5 Å². The number of imidazole rings is 1. The van der Waals surface area contributed by atoms with E-state index in [-0.39, 0.29) is 11.3 Å². The van der Waals surface area contributed by atoms with Gasteiger partial charge >= 0.3 is 10.2 Å². The molecule has 12 heteroatoms. The molecule has 5 nitrogen and oxygen atoms in total. The van der Waals surface area contributed by atoms with Crippen LogP contribution in [0.25, 0.3) is 16.8 Å². The molecule has 1 aliphatic carbocycles. The zero-order chi connectivity index (χ0) is 29.0. The van der Waals surface area contributed by atoms with Crippen LogP contribution in [0.4, 0.5) is 25.1 Å². The van der Waals surface area contributed by atoms with Gasteiger partial charge in [-0.1, -0.05) is 45.4 Å². The lowest BCUT2D eigenvalue weighted by Crippen LogP contribution is -2.32. The number of aromatic nitrogens is 2. The summed E-state index contributed by atoms with van der Waals surface area (Å²) < 4.78 is 89.1. The molecule has 40 heavy (non-hydrogen) atoms. The van der Waals surface area contributed by atoms with E-state index >= 15 is 0 Å². The van der Waals surface area contributed by atoms with E-state index in [0.717, 1.165) is 34.6 Å². The second-order valence-corrected chi connectivity index (χ2v) is 15.5. The van der Waals surface area contributed by atoms with Crippen molar-refractivity contribution in [2.24, 2.45) is 0 Å². The van der Waals surface area contributed by atoms with Gasteiger partial charge in [-0.25, -0.2) is 14.0 Å². The van der Waals surface area contributed by atoms with Crippen molar-refractivity contribution in [3.8, 4) is 11.1 Å². The minimum absolute atomic E-state index is 0.117. The van der Waals surface area contributed by atoms with Crippen molar-refractivity contribution < 1.29 is 23.6 Å². The Kier molecular flexibility index (Phi) is 6.53. The van der Waals surface area contributed by atoms with Gasteiger partial charge < -0.3 is 9.72 Å². The topological polar surface area (TPSA) is 70.2 Å². The third kappa shape index (κ3) is 5.83. The van der Waals surface area contributed by atoms with Crippen molar-refractivity contribution in [3.63, 3.8) is 0 Å². The summed E-state index contributed by atoms with van der Waals surface area (Å²) in [6.07, 6.45) is 6.03. The fourth-order valence-electron chi connectivity index (χ4n) is 5.22. The number of fused-ring (bicyclic) bond motifs is 1. The maximum Gasteiger partial charge on any atom is 0.310 e. The highest BCUT2D eigenvalue weighted by molar-refractivity contribution is 8.45. The quantitative estimate of drug-likeness (QED) is 0.208. The number of nitrogens with zero attached hydrogens (tertiary/aromatic N) is 2. The lowest BCUT2D eigenvalue weighted by Gasteiger charge is -2.40. The standard InChI is InChI=1S/C28H31F5N4OS2/c1-19(2)27-17-35-28-16-5-21(18-37(27)28)20-3-10-24(11-4-20)39(34,38)25-12-6-22(7-13-25)36-23-8-14-26(15-9-23)40(29,30,31,32)33/h3-5,8-11,14-19,22,25,34,36H,6-7,12-13H2,1-2H3. The largest absolute Gasteiger partial charge is 0.382 e. The van der Waals surface area contributed by atoms with Crippen molar-refractivity contribution in [2.45, 2.75) is 66.5 Å². The molecule has 0 radical (unpaired) electrons. The van der Waals surface area contributed by atoms with Gasteiger partial charge in [-0.05, 0) is 91.3 Å². The molecule has 4 aromatic rings. The third-order valence-corrected chi connectivity index (χ3v) is 11.0. The molecule has 2 N–H and O–H groups in total. The fraction of sp³-hybridized carbons (Fsp3) is 0.321. The van der Waals surface area contributed by atoms with E-state index in [0.29, 0.717) is 54.3 Å². The minimum atomic E-state index is -9.70. The number of nitrogens with one attached hydrogen (secondary N) is 2. The molecule has 2 aromatic heterocycles. The first kappa shape index (κ1) is 28.4. The van der Waals surface area contributed by atoms with Gasteiger partial charge in [0, 0.05) is 40.0 Å². The molecule has 5 rings (SSSR count). The molecule has 1 fully saturated rings. The summed E-state index contributed by atoms with van der Waals surface area (Å²) in [5.41, 5.74) is 4.20. The first-order valence-electron chi connectivity index (χ1n) is 13.0. The molecule has 216 valence electrons. The Hall–Kier alpha value is -3.12. The first-order chi connectivity index (χ1) is 18.5. The summed E-state index contributed by atoms with van der Waals surface area (Å²) in [6.45, 7) is 4.22. The van der Waals surface area contributed by atoms with Crippen LogP contribution in [0, 0.1) is 4.78 Å². The molecular weight excluding hydrogens is 567 g/mol. The zero-order valence-electron chi connectivity index (χ0n) is 22.0. The van der Waals surface area contributed by atoms with E-state index in [1.54, 1.807) is 12.1 Å². The maximum atomic E-state index is 13.6. The van der Waals surface area contributed by atoms with E-state index in [1.807, 2.05) is 36.7 Å². The Bertz CT molecular complexity index is 1640. The fourth-order valence-corrected chi connectivity index (χ4v) is 7.73. The molecule has 0 spiro atoms. The Labute approximate surface area is 230 Å². The van der Waals surface area contributed by atoms with Crippen LogP contribution >= 0.6 is 10.2 Å². The van der Waals surface area contributed by atoms with E-state index in [4.69, 9.17) is 4.78 Å². The lowest BCUT2D eigenvalue weighted by atomic mass is 9.95. The summed E-state index contributed by atoms with van der Waals surface area (Å²) in [5, 5.41) is 2.73. The van der Waals surface area contributed by atoms with Crippen LogP contribution in [-0.4, -0.2) is 24.9 Å². The average molecular weight is 599 g/mol. The van der Waals surface area contributed by atoms with E-state index < -0.39 is 24.8 Å². The van der Waals surface area contributed by atoms with Gasteiger partial charge in [0.1, 0.15) is 10.5 Å². The van der Waals surface area contributed by atoms with Crippen LogP contribution in [0.5, 0.6) is 0 Å². The normalized spacial score (nSPS) is 21.5. The number of anilines is 1. The predicted molar refractivity (Wildman–Crippen MR) is 151 cm³/mol. The van der Waals surface area contributed by atoms with Gasteiger partial charge in [0.15, 0.2) is 0 Å². The van der Waals surface area contributed by atoms with Gasteiger partial charge in [-0.15, -0.1) is 0 Å². The summed E-state index contributed by atoms with van der Waals surface area (Å²) in [6, 6.07) is 13.9. The number of hydrogen-bond acceptors (Lipinski definition) is 4. The van der Waals surface area contributed by atoms with E-state index in [1.165, 1.54) is 0 Å². The monoisotopic (exact) mass is 598 g/mol. The zero-order valence-corrected chi connectivity index (χ0v) is 23.6. The minimum Gasteiger partial charge on any atom is -0.382 e. The van der Waals surface area contributed by atoms with Crippen molar-refractivity contribution in [2.75, 3.05) is 5.32 Å². The third-order valence-electron chi connectivity index (χ3n) is 7.48. The maximum absolute atomic E-state index is 13.6. The SMILES string of the molecule is CC(C)c1cnc2ccc(-c3ccc(S(=N)(=O)C4CCC(Nc5ccc(S(F)(F)(F)(F)F)cc5)CC4)cc3)cn12. The van der Waals surface area contributed by atoms with Crippen LogP contribution in [0.1, 0.15) is 51.1 Å². The van der Waals surface area contributed by atoms with Crippen LogP contribution < -0.4 is 5.32 Å². The smallest absolute Gasteiger partial charge is 0.310 e. The van der Waals surface area contributed by atoms with Gasteiger partial charge in [-0.2, -0.15) is 0 Å². The summed E-state index contributed by atoms with van der Waals surface area (Å²) in [7, 11) is -12.8. The average Bonchev–Trinajstić information content (AvgIpc) is 3.32. The van der Waals surface area contributed by atoms with Crippen molar-refractivity contribution >= 4 is 31.3 Å². The Morgan fingerprint density at radius 2 is 1.50 bits per heavy atom. The molecule has 2 aromatic carbocycles. The molecule has 0 aliphatic heterocycles. The van der Waals surface area contributed by atoms with Gasteiger partial charge in [-0.3, -0.25) is 0 Å². The Balaban J connectivity index is 1.24. The molecule has 0 bridgehead atoms. The van der Waals surface area contributed by atoms with Crippen LogP contribution in [0.3, 0.4) is 0 Å². The van der Waals surface area contributed by atoms with Crippen LogP contribution in [0.2, 0.25) is 0 Å². The Morgan fingerprint density at radius 1 is 0.900 bits per heavy atom. The molecular formula is C28H31F5N4OS2. The second kappa shape index (κ2) is 9.20. The van der Waals surface area contributed by atoms with Gasteiger partial charge in [0.2, 0.25) is 0 Å². The van der Waals surface area contributed by atoms with Gasteiger partial charge in [0.05, 0.1) is 9.73 Å². The predicted octanol–water partition coefficient (Wildman–Crippen LogP) is 9.61. The number of halogens is 5. The van der Waals surface area contributed by atoms with Gasteiger partial charge in [0.25, 0.3) is 0 Å². The number of hydrogen-bond donors (Lipinski definition) is 2. The number of rotatable bonds is 7. The Morgan fingerprint density at radius 3 is 2.08 bits per heavy atom. The highest BCUT2D eigenvalue weighted by atomic mass is 32.5. The molecule has 0 saturated heterocycles. The molecule has 2 heterocycles. The van der Waals surface area contributed by atoms with Crippen molar-refractivity contribution in [3.05, 3.63) is 78.8 Å². The first-order valence-corrected chi connectivity index (χ1v) is 16.5. The summed E-state index contributed by atoms with van der Waals surface area (Å²) in [5.74, 6) is 0.315. The molecule has 1 saturated carbocycles. The lowest BCUT2D eigenvalue weighted by molar-refractivity contribution is 0.364. The van der Waals surface area contributed by atoms with Crippen molar-refractivity contribution in [1.29, 1.82) is 4.78 Å². The number of benzene rings is 2.